The SMILES string of the molecule is CC1Nc2ccccc2-c2c1ccc1cc3ccc(F)cc3cc21. The third-order valence-electron chi connectivity index (χ3n) is 5.01. The zero-order valence-corrected chi connectivity index (χ0v) is 13.3. The van der Waals surface area contributed by atoms with Crippen molar-refractivity contribution in [2.45, 2.75) is 13.0 Å². The summed E-state index contributed by atoms with van der Waals surface area (Å²) in [4.78, 5) is 0. The maximum Gasteiger partial charge on any atom is 0.123 e. The summed E-state index contributed by atoms with van der Waals surface area (Å²) in [6.07, 6.45) is 0. The largest absolute Gasteiger partial charge is 0.378 e. The second kappa shape index (κ2) is 4.81. The number of halogens is 1. The van der Waals surface area contributed by atoms with Crippen molar-refractivity contribution < 1.29 is 4.39 Å². The van der Waals surface area contributed by atoms with Crippen molar-refractivity contribution in [2.24, 2.45) is 0 Å². The number of benzene rings is 4. The number of hydrogen-bond donors (Lipinski definition) is 1. The molecule has 24 heavy (non-hydrogen) atoms. The normalized spacial score (nSPS) is 15.8. The van der Waals surface area contributed by atoms with E-state index < -0.39 is 0 Å². The van der Waals surface area contributed by atoms with Crippen molar-refractivity contribution in [1.82, 2.24) is 0 Å². The van der Waals surface area contributed by atoms with E-state index in [0.717, 1.165) is 16.5 Å². The molecule has 1 aliphatic heterocycles. The summed E-state index contributed by atoms with van der Waals surface area (Å²) in [6, 6.07) is 22.3. The van der Waals surface area contributed by atoms with Gasteiger partial charge in [-0.25, -0.2) is 4.39 Å². The zero-order chi connectivity index (χ0) is 16.3. The van der Waals surface area contributed by atoms with Crippen LogP contribution in [0.4, 0.5) is 10.1 Å². The standard InChI is InChI=1S/C22H16FN/c1-13-18-9-7-15-10-14-6-8-17(23)11-16(14)12-20(15)22(18)19-4-2-3-5-21(19)24-13/h2-13,24H,1H3. The Morgan fingerprint density at radius 2 is 1.67 bits per heavy atom. The second-order valence-electron chi connectivity index (χ2n) is 6.51. The number of para-hydroxylation sites is 1. The predicted molar refractivity (Wildman–Crippen MR) is 98.9 cm³/mol. The highest BCUT2D eigenvalue weighted by Gasteiger charge is 2.22. The first kappa shape index (κ1) is 13.6. The summed E-state index contributed by atoms with van der Waals surface area (Å²) in [5.74, 6) is -0.193. The Bertz CT molecular complexity index is 1110. The van der Waals surface area contributed by atoms with Gasteiger partial charge in [0.25, 0.3) is 0 Å². The van der Waals surface area contributed by atoms with E-state index in [4.69, 9.17) is 0 Å². The van der Waals surface area contributed by atoms with Gasteiger partial charge in [0.15, 0.2) is 0 Å². The molecule has 4 aromatic rings. The molecule has 1 atom stereocenters. The van der Waals surface area contributed by atoms with E-state index in [2.05, 4.69) is 60.8 Å². The van der Waals surface area contributed by atoms with Gasteiger partial charge in [-0.05, 0) is 69.9 Å². The summed E-state index contributed by atoms with van der Waals surface area (Å²) in [6.45, 7) is 2.18. The van der Waals surface area contributed by atoms with Crippen LogP contribution in [0, 0.1) is 5.82 Å². The first-order valence-electron chi connectivity index (χ1n) is 8.22. The highest BCUT2D eigenvalue weighted by Crippen LogP contribution is 2.44. The maximum absolute atomic E-state index is 13.7. The molecule has 116 valence electrons. The Kier molecular flexibility index (Phi) is 2.72. The number of anilines is 1. The zero-order valence-electron chi connectivity index (χ0n) is 13.3. The maximum atomic E-state index is 13.7. The van der Waals surface area contributed by atoms with Gasteiger partial charge < -0.3 is 5.32 Å². The Morgan fingerprint density at radius 3 is 2.58 bits per heavy atom. The van der Waals surface area contributed by atoms with Gasteiger partial charge in [0.2, 0.25) is 0 Å². The molecular formula is C22H16FN. The van der Waals surface area contributed by atoms with Crippen LogP contribution in [0.2, 0.25) is 0 Å². The fourth-order valence-corrected chi connectivity index (χ4v) is 3.86. The molecule has 0 spiro atoms. The molecule has 4 aromatic carbocycles. The van der Waals surface area contributed by atoms with Crippen molar-refractivity contribution in [3.63, 3.8) is 0 Å². The molecule has 0 bridgehead atoms. The third-order valence-corrected chi connectivity index (χ3v) is 5.01. The van der Waals surface area contributed by atoms with Crippen molar-refractivity contribution in [2.75, 3.05) is 5.32 Å². The molecular weight excluding hydrogens is 297 g/mol. The number of nitrogens with one attached hydrogen (secondary N) is 1. The van der Waals surface area contributed by atoms with E-state index in [9.17, 15) is 4.39 Å². The van der Waals surface area contributed by atoms with Crippen LogP contribution in [-0.4, -0.2) is 0 Å². The third kappa shape index (κ3) is 1.86. The van der Waals surface area contributed by atoms with Crippen molar-refractivity contribution >= 4 is 27.2 Å². The molecule has 0 amide bonds. The molecule has 1 aliphatic rings. The van der Waals surface area contributed by atoms with Gasteiger partial charge >= 0.3 is 0 Å². The molecule has 0 aliphatic carbocycles. The Balaban J connectivity index is 1.94. The lowest BCUT2D eigenvalue weighted by Crippen LogP contribution is -2.13. The van der Waals surface area contributed by atoms with Crippen molar-refractivity contribution in [1.29, 1.82) is 0 Å². The van der Waals surface area contributed by atoms with Crippen LogP contribution in [0.25, 0.3) is 32.7 Å². The van der Waals surface area contributed by atoms with Gasteiger partial charge in [0.1, 0.15) is 5.82 Å². The van der Waals surface area contributed by atoms with Gasteiger partial charge in [-0.2, -0.15) is 0 Å². The second-order valence-corrected chi connectivity index (χ2v) is 6.51. The van der Waals surface area contributed by atoms with E-state index in [-0.39, 0.29) is 11.9 Å². The molecule has 0 radical (unpaired) electrons. The molecule has 1 unspecified atom stereocenters. The molecule has 2 heteroatoms. The van der Waals surface area contributed by atoms with Gasteiger partial charge in [-0.15, -0.1) is 0 Å². The van der Waals surface area contributed by atoms with Crippen LogP contribution in [0.15, 0.2) is 66.7 Å². The molecule has 1 heterocycles. The highest BCUT2D eigenvalue weighted by atomic mass is 19.1. The molecule has 0 saturated heterocycles. The van der Waals surface area contributed by atoms with Crippen molar-refractivity contribution in [3.05, 3.63) is 78.1 Å². The molecule has 0 fully saturated rings. The topological polar surface area (TPSA) is 12.0 Å². The fraction of sp³-hybridized carbons (Fsp3) is 0.0909. The van der Waals surface area contributed by atoms with Crippen LogP contribution in [0.5, 0.6) is 0 Å². The predicted octanol–water partition coefficient (Wildman–Crippen LogP) is 6.29. The van der Waals surface area contributed by atoms with Crippen LogP contribution in [0.1, 0.15) is 18.5 Å². The van der Waals surface area contributed by atoms with Crippen LogP contribution in [-0.2, 0) is 0 Å². The minimum absolute atomic E-state index is 0.193. The lowest BCUT2D eigenvalue weighted by atomic mass is 9.86. The molecule has 1 N–H and O–H groups in total. The Labute approximate surface area is 139 Å². The first-order valence-corrected chi connectivity index (χ1v) is 8.22. The average Bonchev–Trinajstić information content (AvgIpc) is 2.59. The average molecular weight is 313 g/mol. The van der Waals surface area contributed by atoms with Gasteiger partial charge in [-0.3, -0.25) is 0 Å². The summed E-state index contributed by atoms with van der Waals surface area (Å²) >= 11 is 0. The Hall–Kier alpha value is -2.87. The smallest absolute Gasteiger partial charge is 0.123 e. The minimum Gasteiger partial charge on any atom is -0.378 e. The fourth-order valence-electron chi connectivity index (χ4n) is 3.86. The minimum atomic E-state index is -0.193. The summed E-state index contributed by atoms with van der Waals surface area (Å²) in [5, 5.41) is 7.96. The van der Waals surface area contributed by atoms with Gasteiger partial charge in [-0.1, -0.05) is 36.4 Å². The number of rotatable bonds is 0. The molecule has 5 rings (SSSR count). The summed E-state index contributed by atoms with van der Waals surface area (Å²) in [7, 11) is 0. The summed E-state index contributed by atoms with van der Waals surface area (Å²) < 4.78 is 13.7. The Morgan fingerprint density at radius 1 is 0.833 bits per heavy atom. The first-order chi connectivity index (χ1) is 11.7. The van der Waals surface area contributed by atoms with E-state index in [1.165, 1.54) is 33.5 Å². The van der Waals surface area contributed by atoms with Gasteiger partial charge in [0.05, 0.1) is 0 Å². The van der Waals surface area contributed by atoms with Gasteiger partial charge in [0, 0.05) is 17.3 Å². The lowest BCUT2D eigenvalue weighted by Gasteiger charge is -2.28. The van der Waals surface area contributed by atoms with Crippen LogP contribution >= 0.6 is 0 Å². The quantitative estimate of drug-likeness (QED) is 0.376. The van der Waals surface area contributed by atoms with Crippen molar-refractivity contribution in [3.8, 4) is 11.1 Å². The van der Waals surface area contributed by atoms with E-state index in [1.54, 1.807) is 6.07 Å². The molecule has 0 saturated carbocycles. The summed E-state index contributed by atoms with van der Waals surface area (Å²) in [5.41, 5.74) is 4.92. The molecule has 1 nitrogen and oxygen atoms in total. The van der Waals surface area contributed by atoms with Crippen LogP contribution < -0.4 is 5.32 Å². The van der Waals surface area contributed by atoms with E-state index in [0.29, 0.717) is 0 Å². The lowest BCUT2D eigenvalue weighted by molar-refractivity contribution is 0.630. The van der Waals surface area contributed by atoms with E-state index in [1.807, 2.05) is 6.07 Å². The number of fused-ring (bicyclic) bond motifs is 6. The van der Waals surface area contributed by atoms with Crippen LogP contribution in [0.3, 0.4) is 0 Å². The number of hydrogen-bond acceptors (Lipinski definition) is 1. The monoisotopic (exact) mass is 313 g/mol. The highest BCUT2D eigenvalue weighted by molar-refractivity contribution is 6.08. The van der Waals surface area contributed by atoms with E-state index >= 15 is 0 Å². The molecule has 0 aromatic heterocycles.